The van der Waals surface area contributed by atoms with Crippen LogP contribution in [-0.4, -0.2) is 31.8 Å². The molecule has 0 atom stereocenters. The molecular weight excluding hydrogens is 322 g/mol. The van der Waals surface area contributed by atoms with E-state index in [2.05, 4.69) is 26.1 Å². The lowest BCUT2D eigenvalue weighted by Crippen LogP contribution is -2.33. The fraction of sp³-hybridized carbons (Fsp3) is 0.438. The first kappa shape index (κ1) is 15.3. The van der Waals surface area contributed by atoms with Crippen LogP contribution in [0.3, 0.4) is 0 Å². The van der Waals surface area contributed by atoms with E-state index in [1.54, 1.807) is 22.2 Å². The van der Waals surface area contributed by atoms with Gasteiger partial charge in [-0.1, -0.05) is 0 Å². The fourth-order valence-corrected chi connectivity index (χ4v) is 3.87. The molecule has 0 amide bonds. The van der Waals surface area contributed by atoms with Crippen molar-refractivity contribution < 1.29 is 0 Å². The highest BCUT2D eigenvalue weighted by molar-refractivity contribution is 7.17. The second kappa shape index (κ2) is 6.37. The predicted octanol–water partition coefficient (Wildman–Crippen LogP) is 2.85. The average molecular weight is 343 g/mol. The van der Waals surface area contributed by atoms with Crippen LogP contribution < -0.4 is 16.4 Å². The molecule has 0 aromatic carbocycles. The number of nitrogens with two attached hydrogens (primary N) is 1. The first-order chi connectivity index (χ1) is 11.7. The third kappa shape index (κ3) is 3.20. The SMILES string of the molecule is Cn1cc(Nc2nc(N[C@H]3CC[C@@H](N)CC3)c3sccc3n2)cn1. The summed E-state index contributed by atoms with van der Waals surface area (Å²) in [7, 11) is 1.88. The van der Waals surface area contributed by atoms with Gasteiger partial charge in [0.05, 0.1) is 22.1 Å². The lowest BCUT2D eigenvalue weighted by atomic mass is 9.92. The summed E-state index contributed by atoms with van der Waals surface area (Å²) in [5.74, 6) is 1.49. The molecule has 126 valence electrons. The summed E-state index contributed by atoms with van der Waals surface area (Å²) in [4.78, 5) is 9.30. The molecule has 1 fully saturated rings. The summed E-state index contributed by atoms with van der Waals surface area (Å²) in [6, 6.07) is 2.80. The number of nitrogens with one attached hydrogen (secondary N) is 2. The molecule has 0 radical (unpaired) electrons. The summed E-state index contributed by atoms with van der Waals surface area (Å²) in [6.45, 7) is 0. The van der Waals surface area contributed by atoms with Gasteiger partial charge >= 0.3 is 0 Å². The van der Waals surface area contributed by atoms with Crippen LogP contribution in [0.25, 0.3) is 10.2 Å². The minimum Gasteiger partial charge on any atom is -0.366 e. The largest absolute Gasteiger partial charge is 0.366 e. The number of aromatic nitrogens is 4. The van der Waals surface area contributed by atoms with Crippen molar-refractivity contribution in [2.24, 2.45) is 12.8 Å². The molecule has 4 rings (SSSR count). The van der Waals surface area contributed by atoms with Crippen molar-refractivity contribution in [2.45, 2.75) is 37.8 Å². The van der Waals surface area contributed by atoms with Gasteiger partial charge in [-0.2, -0.15) is 10.1 Å². The molecule has 1 aliphatic carbocycles. The second-order valence-corrected chi connectivity index (χ2v) is 7.23. The molecule has 3 aromatic rings. The maximum atomic E-state index is 6.01. The van der Waals surface area contributed by atoms with Crippen LogP contribution in [0.5, 0.6) is 0 Å². The summed E-state index contributed by atoms with van der Waals surface area (Å²) in [5, 5.41) is 13.0. The van der Waals surface area contributed by atoms with E-state index < -0.39 is 0 Å². The second-order valence-electron chi connectivity index (χ2n) is 6.31. The van der Waals surface area contributed by atoms with Gasteiger partial charge in [0.2, 0.25) is 5.95 Å². The lowest BCUT2D eigenvalue weighted by molar-refractivity contribution is 0.411. The van der Waals surface area contributed by atoms with Gasteiger partial charge in [-0.3, -0.25) is 4.68 Å². The Hall–Kier alpha value is -2.19. The summed E-state index contributed by atoms with van der Waals surface area (Å²) in [5.41, 5.74) is 7.84. The van der Waals surface area contributed by atoms with Crippen LogP contribution in [0.2, 0.25) is 0 Å². The highest BCUT2D eigenvalue weighted by Gasteiger charge is 2.20. The van der Waals surface area contributed by atoms with E-state index >= 15 is 0 Å². The smallest absolute Gasteiger partial charge is 0.229 e. The zero-order valence-corrected chi connectivity index (χ0v) is 14.4. The molecule has 1 saturated carbocycles. The number of thiophene rings is 1. The van der Waals surface area contributed by atoms with E-state index in [-0.39, 0.29) is 0 Å². The van der Waals surface area contributed by atoms with E-state index in [0.717, 1.165) is 47.4 Å². The first-order valence-corrected chi connectivity index (χ1v) is 9.08. The van der Waals surface area contributed by atoms with Gasteiger partial charge in [0, 0.05) is 25.3 Å². The zero-order valence-electron chi connectivity index (χ0n) is 13.6. The van der Waals surface area contributed by atoms with Gasteiger partial charge in [0.25, 0.3) is 0 Å². The molecular formula is C16H21N7S. The molecule has 3 heterocycles. The highest BCUT2D eigenvalue weighted by Crippen LogP contribution is 2.30. The Balaban J connectivity index is 1.60. The number of nitrogens with zero attached hydrogens (tertiary/aromatic N) is 4. The molecule has 24 heavy (non-hydrogen) atoms. The van der Waals surface area contributed by atoms with E-state index in [9.17, 15) is 0 Å². The Kier molecular flexibility index (Phi) is 4.07. The van der Waals surface area contributed by atoms with Crippen molar-refractivity contribution in [1.82, 2.24) is 19.7 Å². The Morgan fingerprint density at radius 1 is 1.25 bits per heavy atom. The van der Waals surface area contributed by atoms with Gasteiger partial charge in [0.15, 0.2) is 0 Å². The molecule has 0 aliphatic heterocycles. The highest BCUT2D eigenvalue weighted by atomic mass is 32.1. The molecule has 3 aromatic heterocycles. The zero-order chi connectivity index (χ0) is 16.5. The molecule has 1 aliphatic rings. The van der Waals surface area contributed by atoms with E-state index in [0.29, 0.717) is 18.0 Å². The lowest BCUT2D eigenvalue weighted by Gasteiger charge is -2.27. The minimum atomic E-state index is 0.345. The molecule has 0 saturated heterocycles. The van der Waals surface area contributed by atoms with Crippen molar-refractivity contribution in [3.05, 3.63) is 23.8 Å². The van der Waals surface area contributed by atoms with Gasteiger partial charge in [-0.25, -0.2) is 4.98 Å². The third-order valence-electron chi connectivity index (χ3n) is 4.38. The normalized spacial score (nSPS) is 21.1. The molecule has 7 nitrogen and oxygen atoms in total. The van der Waals surface area contributed by atoms with Crippen molar-refractivity contribution in [3.8, 4) is 0 Å². The topological polar surface area (TPSA) is 93.7 Å². The van der Waals surface area contributed by atoms with Gasteiger partial charge < -0.3 is 16.4 Å². The van der Waals surface area contributed by atoms with Crippen molar-refractivity contribution in [3.63, 3.8) is 0 Å². The maximum absolute atomic E-state index is 6.01. The Morgan fingerprint density at radius 2 is 2.08 bits per heavy atom. The van der Waals surface area contributed by atoms with Gasteiger partial charge in [-0.15, -0.1) is 11.3 Å². The fourth-order valence-electron chi connectivity index (χ4n) is 3.09. The van der Waals surface area contributed by atoms with Crippen LogP contribution in [-0.2, 0) is 7.05 Å². The predicted molar refractivity (Wildman–Crippen MR) is 97.8 cm³/mol. The number of hydrogen-bond donors (Lipinski definition) is 3. The number of rotatable bonds is 4. The molecule has 8 heteroatoms. The third-order valence-corrected chi connectivity index (χ3v) is 5.29. The Morgan fingerprint density at radius 3 is 2.83 bits per heavy atom. The summed E-state index contributed by atoms with van der Waals surface area (Å²) in [6.07, 6.45) is 7.97. The first-order valence-electron chi connectivity index (χ1n) is 8.20. The number of aryl methyl sites for hydroxylation is 1. The maximum Gasteiger partial charge on any atom is 0.229 e. The van der Waals surface area contributed by atoms with Gasteiger partial charge in [-0.05, 0) is 37.1 Å². The molecule has 0 bridgehead atoms. The van der Waals surface area contributed by atoms with Crippen molar-refractivity contribution in [2.75, 3.05) is 10.6 Å². The van der Waals surface area contributed by atoms with Crippen LogP contribution in [0.1, 0.15) is 25.7 Å². The summed E-state index contributed by atoms with van der Waals surface area (Å²) < 4.78 is 2.84. The Bertz CT molecular complexity index is 832. The Labute approximate surface area is 144 Å². The minimum absolute atomic E-state index is 0.345. The van der Waals surface area contributed by atoms with E-state index in [1.807, 2.05) is 19.3 Å². The van der Waals surface area contributed by atoms with Crippen LogP contribution in [0.15, 0.2) is 23.8 Å². The number of hydrogen-bond acceptors (Lipinski definition) is 7. The van der Waals surface area contributed by atoms with E-state index in [1.165, 1.54) is 0 Å². The van der Waals surface area contributed by atoms with Crippen LogP contribution in [0.4, 0.5) is 17.5 Å². The summed E-state index contributed by atoms with van der Waals surface area (Å²) >= 11 is 1.67. The monoisotopic (exact) mass is 343 g/mol. The van der Waals surface area contributed by atoms with Crippen molar-refractivity contribution in [1.29, 1.82) is 0 Å². The standard InChI is InChI=1S/C16H21N7S/c1-23-9-12(8-18-23)20-16-21-13-6-7-24-14(13)15(22-16)19-11-4-2-10(17)3-5-11/h6-11H,2-5,17H2,1H3,(H2,19,20,21,22)/t10-,11+. The molecule has 4 N–H and O–H groups in total. The number of fused-ring (bicyclic) bond motifs is 1. The number of anilines is 3. The van der Waals surface area contributed by atoms with Gasteiger partial charge in [0.1, 0.15) is 5.82 Å². The quantitative estimate of drug-likeness (QED) is 0.674. The van der Waals surface area contributed by atoms with E-state index in [4.69, 9.17) is 10.7 Å². The molecule has 0 spiro atoms. The van der Waals surface area contributed by atoms with Crippen LogP contribution in [0, 0.1) is 0 Å². The average Bonchev–Trinajstić information content (AvgIpc) is 3.19. The molecule has 0 unspecified atom stereocenters. The van der Waals surface area contributed by atoms with Crippen molar-refractivity contribution >= 4 is 39.0 Å². The van der Waals surface area contributed by atoms with Crippen LogP contribution >= 0.6 is 11.3 Å².